The van der Waals surface area contributed by atoms with E-state index < -0.39 is 23.6 Å². The average Bonchev–Trinajstić information content (AvgIpc) is 2.76. The average molecular weight is 351 g/mol. The maximum atomic E-state index is 14.1. The van der Waals surface area contributed by atoms with E-state index in [4.69, 9.17) is 4.74 Å². The molecular formula is C15H12BrFN2O2. The maximum Gasteiger partial charge on any atom is 0.408 e. The molecule has 4 nitrogen and oxygen atoms in total. The van der Waals surface area contributed by atoms with Crippen molar-refractivity contribution >= 4 is 22.0 Å². The van der Waals surface area contributed by atoms with Crippen LogP contribution in [0.25, 0.3) is 0 Å². The number of pyridine rings is 1. The highest BCUT2D eigenvalue weighted by atomic mass is 79.9. The summed E-state index contributed by atoms with van der Waals surface area (Å²) in [7, 11) is 0. The number of rotatable bonds is 2. The van der Waals surface area contributed by atoms with Gasteiger partial charge in [0.05, 0.1) is 5.69 Å². The molecule has 1 amide bonds. The highest BCUT2D eigenvalue weighted by Crippen LogP contribution is 2.42. The Morgan fingerprint density at radius 1 is 1.29 bits per heavy atom. The van der Waals surface area contributed by atoms with Crippen LogP contribution in [0.5, 0.6) is 0 Å². The van der Waals surface area contributed by atoms with Crippen LogP contribution in [0.4, 0.5) is 9.18 Å². The summed E-state index contributed by atoms with van der Waals surface area (Å²) in [4.78, 5) is 16.1. The SMILES string of the molecule is CC1(c2cccc(Br)n2)NC(=O)OC1c1ccccc1F. The van der Waals surface area contributed by atoms with Crippen molar-refractivity contribution in [2.75, 3.05) is 0 Å². The van der Waals surface area contributed by atoms with Crippen LogP contribution in [0.2, 0.25) is 0 Å². The normalized spacial score (nSPS) is 24.5. The minimum atomic E-state index is -0.941. The Morgan fingerprint density at radius 2 is 2.05 bits per heavy atom. The minimum absolute atomic E-state index is 0.320. The molecule has 0 bridgehead atoms. The van der Waals surface area contributed by atoms with Crippen molar-refractivity contribution < 1.29 is 13.9 Å². The standard InChI is InChI=1S/C15H12BrFN2O2/c1-15(11-7-4-8-12(16)18-11)13(21-14(20)19-15)9-5-2-3-6-10(9)17/h2-8,13H,1H3,(H,19,20). The summed E-state index contributed by atoms with van der Waals surface area (Å²) in [6, 6.07) is 11.6. The molecule has 0 aliphatic carbocycles. The molecule has 6 heteroatoms. The molecule has 1 fully saturated rings. The number of benzene rings is 1. The smallest absolute Gasteiger partial charge is 0.408 e. The first-order valence-electron chi connectivity index (χ1n) is 6.37. The molecule has 0 radical (unpaired) electrons. The summed E-state index contributed by atoms with van der Waals surface area (Å²) < 4.78 is 20.0. The van der Waals surface area contributed by atoms with Crippen LogP contribution >= 0.6 is 15.9 Å². The summed E-state index contributed by atoms with van der Waals surface area (Å²) in [5.74, 6) is -0.416. The molecule has 2 unspecified atom stereocenters. The van der Waals surface area contributed by atoms with Crippen LogP contribution in [0.3, 0.4) is 0 Å². The number of carbonyl (C=O) groups is 1. The van der Waals surface area contributed by atoms with Gasteiger partial charge in [-0.1, -0.05) is 24.3 Å². The molecule has 0 saturated carbocycles. The van der Waals surface area contributed by atoms with Gasteiger partial charge in [0.2, 0.25) is 0 Å². The number of nitrogens with one attached hydrogen (secondary N) is 1. The molecule has 3 rings (SSSR count). The number of ether oxygens (including phenoxy) is 1. The van der Waals surface area contributed by atoms with Crippen LogP contribution in [-0.4, -0.2) is 11.1 Å². The van der Waals surface area contributed by atoms with Crippen LogP contribution in [-0.2, 0) is 10.3 Å². The largest absolute Gasteiger partial charge is 0.438 e. The van der Waals surface area contributed by atoms with E-state index in [9.17, 15) is 9.18 Å². The number of nitrogens with zero attached hydrogens (tertiary/aromatic N) is 1. The lowest BCUT2D eigenvalue weighted by Gasteiger charge is -2.28. The third kappa shape index (κ3) is 2.40. The van der Waals surface area contributed by atoms with Crippen LogP contribution in [0.1, 0.15) is 24.3 Å². The highest BCUT2D eigenvalue weighted by molar-refractivity contribution is 9.10. The van der Waals surface area contributed by atoms with E-state index in [1.807, 2.05) is 0 Å². The second-order valence-corrected chi connectivity index (χ2v) is 5.79. The zero-order valence-corrected chi connectivity index (χ0v) is 12.7. The van der Waals surface area contributed by atoms with Gasteiger partial charge in [0.15, 0.2) is 6.10 Å². The van der Waals surface area contributed by atoms with Crippen molar-refractivity contribution in [2.45, 2.75) is 18.6 Å². The predicted octanol–water partition coefficient (Wildman–Crippen LogP) is 3.68. The number of hydrogen-bond donors (Lipinski definition) is 1. The highest BCUT2D eigenvalue weighted by Gasteiger charge is 2.49. The molecule has 1 aromatic carbocycles. The van der Waals surface area contributed by atoms with Crippen molar-refractivity contribution in [1.29, 1.82) is 0 Å². The summed E-state index contributed by atoms with van der Waals surface area (Å²) >= 11 is 3.30. The van der Waals surface area contributed by atoms with Crippen molar-refractivity contribution in [1.82, 2.24) is 10.3 Å². The third-order valence-corrected chi connectivity index (χ3v) is 3.99. The van der Waals surface area contributed by atoms with Gasteiger partial charge >= 0.3 is 6.09 Å². The van der Waals surface area contributed by atoms with Crippen LogP contribution < -0.4 is 5.32 Å². The fourth-order valence-electron chi connectivity index (χ4n) is 2.49. The zero-order chi connectivity index (χ0) is 15.0. The second kappa shape index (κ2) is 5.11. The van der Waals surface area contributed by atoms with E-state index in [2.05, 4.69) is 26.2 Å². The summed E-state index contributed by atoms with van der Waals surface area (Å²) in [6.45, 7) is 1.77. The lowest BCUT2D eigenvalue weighted by atomic mass is 9.86. The van der Waals surface area contributed by atoms with Gasteiger partial charge in [0.1, 0.15) is 16.0 Å². The molecule has 2 atom stereocenters. The van der Waals surface area contributed by atoms with E-state index in [0.29, 0.717) is 15.9 Å². The van der Waals surface area contributed by atoms with Gasteiger partial charge in [-0.15, -0.1) is 0 Å². The molecule has 1 aromatic heterocycles. The minimum Gasteiger partial charge on any atom is -0.438 e. The molecule has 1 N–H and O–H groups in total. The van der Waals surface area contributed by atoms with Gasteiger partial charge in [0, 0.05) is 5.56 Å². The molecule has 21 heavy (non-hydrogen) atoms. The van der Waals surface area contributed by atoms with E-state index in [-0.39, 0.29) is 0 Å². The predicted molar refractivity (Wildman–Crippen MR) is 78.0 cm³/mol. The lowest BCUT2D eigenvalue weighted by Crippen LogP contribution is -2.40. The van der Waals surface area contributed by atoms with E-state index in [1.165, 1.54) is 6.07 Å². The Labute approximate surface area is 129 Å². The number of hydrogen-bond acceptors (Lipinski definition) is 3. The van der Waals surface area contributed by atoms with E-state index in [0.717, 1.165) is 0 Å². The Balaban J connectivity index is 2.11. The number of halogens is 2. The van der Waals surface area contributed by atoms with Gasteiger partial charge in [-0.05, 0) is 41.1 Å². The van der Waals surface area contributed by atoms with Crippen molar-refractivity contribution in [3.05, 3.63) is 64.1 Å². The monoisotopic (exact) mass is 350 g/mol. The lowest BCUT2D eigenvalue weighted by molar-refractivity contribution is 0.109. The van der Waals surface area contributed by atoms with E-state index >= 15 is 0 Å². The summed E-state index contributed by atoms with van der Waals surface area (Å²) in [5, 5.41) is 2.74. The Kier molecular flexibility index (Phi) is 3.41. The summed E-state index contributed by atoms with van der Waals surface area (Å²) in [5.41, 5.74) is -0.0284. The molecular weight excluding hydrogens is 339 g/mol. The Morgan fingerprint density at radius 3 is 2.76 bits per heavy atom. The molecule has 2 aromatic rings. The number of carbonyl (C=O) groups excluding carboxylic acids is 1. The summed E-state index contributed by atoms with van der Waals surface area (Å²) in [6.07, 6.45) is -1.37. The number of aromatic nitrogens is 1. The molecule has 1 saturated heterocycles. The zero-order valence-electron chi connectivity index (χ0n) is 11.1. The van der Waals surface area contributed by atoms with Gasteiger partial charge in [0.25, 0.3) is 0 Å². The number of alkyl carbamates (subject to hydrolysis) is 1. The van der Waals surface area contributed by atoms with E-state index in [1.54, 1.807) is 43.3 Å². The topological polar surface area (TPSA) is 51.2 Å². The third-order valence-electron chi connectivity index (χ3n) is 3.55. The van der Waals surface area contributed by atoms with Crippen molar-refractivity contribution in [3.63, 3.8) is 0 Å². The van der Waals surface area contributed by atoms with Crippen molar-refractivity contribution in [2.24, 2.45) is 0 Å². The van der Waals surface area contributed by atoms with Crippen LogP contribution in [0, 0.1) is 5.82 Å². The maximum absolute atomic E-state index is 14.1. The van der Waals surface area contributed by atoms with Gasteiger partial charge in [-0.25, -0.2) is 14.2 Å². The molecule has 1 aliphatic heterocycles. The molecule has 108 valence electrons. The fraction of sp³-hybridized carbons (Fsp3) is 0.200. The van der Waals surface area contributed by atoms with Gasteiger partial charge in [-0.2, -0.15) is 0 Å². The van der Waals surface area contributed by atoms with Gasteiger partial charge < -0.3 is 10.1 Å². The molecule has 0 spiro atoms. The first kappa shape index (κ1) is 14.0. The first-order valence-corrected chi connectivity index (χ1v) is 7.16. The molecule has 2 heterocycles. The number of amides is 1. The van der Waals surface area contributed by atoms with Crippen molar-refractivity contribution in [3.8, 4) is 0 Å². The Bertz CT molecular complexity index is 710. The molecule has 1 aliphatic rings. The van der Waals surface area contributed by atoms with Gasteiger partial charge in [-0.3, -0.25) is 0 Å². The van der Waals surface area contributed by atoms with Crippen LogP contribution in [0.15, 0.2) is 47.1 Å². The second-order valence-electron chi connectivity index (χ2n) is 4.98. The quantitative estimate of drug-likeness (QED) is 0.840. The first-order chi connectivity index (χ1) is 10.0. The Hall–Kier alpha value is -1.95. The fourth-order valence-corrected chi connectivity index (χ4v) is 2.83. The number of cyclic esters (lactones) is 1.